The zero-order valence-electron chi connectivity index (χ0n) is 8.62. The first kappa shape index (κ1) is 10.8. The Morgan fingerprint density at radius 1 is 1.50 bits per heavy atom. The van der Waals surface area contributed by atoms with Crippen LogP contribution in [-0.2, 0) is 0 Å². The summed E-state index contributed by atoms with van der Waals surface area (Å²) in [6.07, 6.45) is 2.17. The molecule has 1 fully saturated rings. The maximum atomic E-state index is 11.8. The van der Waals surface area contributed by atoms with Gasteiger partial charge in [-0.15, -0.1) is 0 Å². The third kappa shape index (κ3) is 2.61. The molecule has 14 heavy (non-hydrogen) atoms. The molecule has 1 saturated heterocycles. The van der Waals surface area contributed by atoms with Crippen molar-refractivity contribution in [2.45, 2.75) is 19.8 Å². The average molecular weight is 198 g/mol. The summed E-state index contributed by atoms with van der Waals surface area (Å²) in [5.74, 6) is 0.0411. The standard InChI is InChI=1S/C9H18N4O/c1-2-12(7-8(10)11)9(14)13-5-3-4-6-13/h2-7H2,1H3,(H3,10,11). The van der Waals surface area contributed by atoms with E-state index in [2.05, 4.69) is 0 Å². The monoisotopic (exact) mass is 198 g/mol. The summed E-state index contributed by atoms with van der Waals surface area (Å²) in [6.45, 7) is 4.43. The van der Waals surface area contributed by atoms with Crippen molar-refractivity contribution in [3.63, 3.8) is 0 Å². The molecule has 0 radical (unpaired) electrons. The number of rotatable bonds is 3. The number of hydrogen-bond donors (Lipinski definition) is 2. The van der Waals surface area contributed by atoms with Gasteiger partial charge in [0.15, 0.2) is 0 Å². The van der Waals surface area contributed by atoms with Crippen molar-refractivity contribution < 1.29 is 4.79 Å². The van der Waals surface area contributed by atoms with Crippen LogP contribution in [0.5, 0.6) is 0 Å². The zero-order valence-corrected chi connectivity index (χ0v) is 8.62. The summed E-state index contributed by atoms with van der Waals surface area (Å²) in [4.78, 5) is 15.2. The van der Waals surface area contributed by atoms with Gasteiger partial charge in [0.1, 0.15) is 5.84 Å². The Morgan fingerprint density at radius 2 is 2.07 bits per heavy atom. The van der Waals surface area contributed by atoms with E-state index in [0.717, 1.165) is 25.9 Å². The predicted molar refractivity (Wildman–Crippen MR) is 55.4 cm³/mol. The van der Waals surface area contributed by atoms with E-state index >= 15 is 0 Å². The third-order valence-electron chi connectivity index (χ3n) is 2.39. The molecular weight excluding hydrogens is 180 g/mol. The van der Waals surface area contributed by atoms with Crippen LogP contribution in [0.4, 0.5) is 4.79 Å². The second-order valence-electron chi connectivity index (χ2n) is 3.52. The molecule has 80 valence electrons. The largest absolute Gasteiger partial charge is 0.386 e. The second-order valence-corrected chi connectivity index (χ2v) is 3.52. The molecule has 0 aromatic carbocycles. The van der Waals surface area contributed by atoms with E-state index in [1.807, 2.05) is 11.8 Å². The molecule has 0 aromatic heterocycles. The summed E-state index contributed by atoms with van der Waals surface area (Å²) in [5.41, 5.74) is 5.28. The number of urea groups is 1. The van der Waals surface area contributed by atoms with Gasteiger partial charge in [-0.2, -0.15) is 0 Å². The summed E-state index contributed by atoms with van der Waals surface area (Å²) in [6, 6.07) is 0.0141. The molecule has 1 aliphatic heterocycles. The fourth-order valence-electron chi connectivity index (χ4n) is 1.63. The fraction of sp³-hybridized carbons (Fsp3) is 0.778. The average Bonchev–Trinajstić information content (AvgIpc) is 2.65. The van der Waals surface area contributed by atoms with Gasteiger partial charge in [-0.3, -0.25) is 5.41 Å². The molecule has 1 rings (SSSR count). The van der Waals surface area contributed by atoms with Crippen molar-refractivity contribution >= 4 is 11.9 Å². The van der Waals surface area contributed by atoms with Gasteiger partial charge < -0.3 is 15.5 Å². The SMILES string of the molecule is CCN(CC(=N)N)C(=O)N1CCCC1. The smallest absolute Gasteiger partial charge is 0.320 e. The van der Waals surface area contributed by atoms with Gasteiger partial charge in [-0.1, -0.05) is 0 Å². The lowest BCUT2D eigenvalue weighted by molar-refractivity contribution is 0.171. The normalized spacial score (nSPS) is 15.6. The lowest BCUT2D eigenvalue weighted by atomic mass is 10.4. The van der Waals surface area contributed by atoms with E-state index < -0.39 is 0 Å². The number of likely N-dealkylation sites (N-methyl/N-ethyl adjacent to an activating group) is 1. The van der Waals surface area contributed by atoms with E-state index in [4.69, 9.17) is 11.1 Å². The quantitative estimate of drug-likeness (QED) is 0.510. The number of nitrogens with zero attached hydrogens (tertiary/aromatic N) is 2. The van der Waals surface area contributed by atoms with Crippen molar-refractivity contribution in [2.24, 2.45) is 5.73 Å². The molecule has 1 aliphatic rings. The Bertz CT molecular complexity index is 223. The Hall–Kier alpha value is -1.26. The molecule has 0 aromatic rings. The van der Waals surface area contributed by atoms with Crippen LogP contribution < -0.4 is 5.73 Å². The molecule has 5 heteroatoms. The zero-order chi connectivity index (χ0) is 10.6. The molecular formula is C9H18N4O. The first-order chi connectivity index (χ1) is 6.65. The van der Waals surface area contributed by atoms with E-state index in [1.54, 1.807) is 4.90 Å². The van der Waals surface area contributed by atoms with Crippen LogP contribution in [-0.4, -0.2) is 47.8 Å². The van der Waals surface area contributed by atoms with Crippen LogP contribution in [0.15, 0.2) is 0 Å². The number of amides is 2. The first-order valence-electron chi connectivity index (χ1n) is 5.02. The van der Waals surface area contributed by atoms with E-state index in [9.17, 15) is 4.79 Å². The van der Waals surface area contributed by atoms with Crippen LogP contribution in [0.1, 0.15) is 19.8 Å². The van der Waals surface area contributed by atoms with Gasteiger partial charge in [0.05, 0.1) is 6.54 Å². The summed E-state index contributed by atoms with van der Waals surface area (Å²) < 4.78 is 0. The Balaban J connectivity index is 2.50. The van der Waals surface area contributed by atoms with Crippen molar-refractivity contribution in [3.8, 4) is 0 Å². The molecule has 0 atom stereocenters. The molecule has 5 nitrogen and oxygen atoms in total. The molecule has 0 aliphatic carbocycles. The maximum absolute atomic E-state index is 11.8. The van der Waals surface area contributed by atoms with Crippen LogP contribution >= 0.6 is 0 Å². The number of hydrogen-bond acceptors (Lipinski definition) is 2. The van der Waals surface area contributed by atoms with E-state index in [0.29, 0.717) is 6.54 Å². The molecule has 1 heterocycles. The highest BCUT2D eigenvalue weighted by molar-refractivity contribution is 5.84. The van der Waals surface area contributed by atoms with E-state index in [-0.39, 0.29) is 18.4 Å². The molecule has 3 N–H and O–H groups in total. The molecule has 2 amide bonds. The topological polar surface area (TPSA) is 73.4 Å². The summed E-state index contributed by atoms with van der Waals surface area (Å²) in [7, 11) is 0. The highest BCUT2D eigenvalue weighted by Gasteiger charge is 2.22. The van der Waals surface area contributed by atoms with Gasteiger partial charge in [0.2, 0.25) is 0 Å². The van der Waals surface area contributed by atoms with Crippen molar-refractivity contribution in [1.82, 2.24) is 9.80 Å². The summed E-state index contributed by atoms with van der Waals surface area (Å²) in [5, 5.41) is 7.16. The van der Waals surface area contributed by atoms with Crippen LogP contribution in [0.2, 0.25) is 0 Å². The summed E-state index contributed by atoms with van der Waals surface area (Å²) >= 11 is 0. The van der Waals surface area contributed by atoms with Gasteiger partial charge in [-0.05, 0) is 19.8 Å². The maximum Gasteiger partial charge on any atom is 0.320 e. The predicted octanol–water partition coefficient (Wildman–Crippen LogP) is 0.460. The first-order valence-corrected chi connectivity index (χ1v) is 5.02. The molecule has 0 bridgehead atoms. The third-order valence-corrected chi connectivity index (χ3v) is 2.39. The molecule has 0 unspecified atom stereocenters. The highest BCUT2D eigenvalue weighted by Crippen LogP contribution is 2.10. The van der Waals surface area contributed by atoms with Gasteiger partial charge >= 0.3 is 6.03 Å². The number of nitrogens with two attached hydrogens (primary N) is 1. The van der Waals surface area contributed by atoms with Gasteiger partial charge in [0, 0.05) is 19.6 Å². The van der Waals surface area contributed by atoms with Crippen molar-refractivity contribution in [2.75, 3.05) is 26.2 Å². The number of amidine groups is 1. The Labute approximate surface area is 84.4 Å². The minimum absolute atomic E-state index is 0.0141. The van der Waals surface area contributed by atoms with Crippen LogP contribution in [0.25, 0.3) is 0 Å². The number of likely N-dealkylation sites (tertiary alicyclic amines) is 1. The number of carbonyl (C=O) groups excluding carboxylic acids is 1. The minimum atomic E-state index is 0.0141. The Kier molecular flexibility index (Phi) is 3.73. The van der Waals surface area contributed by atoms with E-state index in [1.165, 1.54) is 0 Å². The molecule has 0 saturated carbocycles. The van der Waals surface area contributed by atoms with Gasteiger partial charge in [0.25, 0.3) is 0 Å². The molecule has 0 spiro atoms. The number of carbonyl (C=O) groups is 1. The van der Waals surface area contributed by atoms with Crippen LogP contribution in [0.3, 0.4) is 0 Å². The number of nitrogens with one attached hydrogen (secondary N) is 1. The van der Waals surface area contributed by atoms with Crippen molar-refractivity contribution in [1.29, 1.82) is 5.41 Å². The lowest BCUT2D eigenvalue weighted by Crippen LogP contribution is -2.45. The van der Waals surface area contributed by atoms with Crippen molar-refractivity contribution in [3.05, 3.63) is 0 Å². The lowest BCUT2D eigenvalue weighted by Gasteiger charge is -2.26. The highest BCUT2D eigenvalue weighted by atomic mass is 16.2. The Morgan fingerprint density at radius 3 is 2.50 bits per heavy atom. The van der Waals surface area contributed by atoms with Crippen LogP contribution in [0, 0.1) is 5.41 Å². The minimum Gasteiger partial charge on any atom is -0.386 e. The second kappa shape index (κ2) is 4.83. The van der Waals surface area contributed by atoms with Gasteiger partial charge in [-0.25, -0.2) is 4.79 Å². The fourth-order valence-corrected chi connectivity index (χ4v) is 1.63.